The summed E-state index contributed by atoms with van der Waals surface area (Å²) >= 11 is 0. The Morgan fingerprint density at radius 2 is 1.94 bits per heavy atom. The molecule has 0 saturated carbocycles. The van der Waals surface area contributed by atoms with Crippen LogP contribution in [0.4, 0.5) is 0 Å². The van der Waals surface area contributed by atoms with E-state index in [4.69, 9.17) is 5.11 Å². The fraction of sp³-hybridized carbons (Fsp3) is 0.286. The van der Waals surface area contributed by atoms with Gasteiger partial charge in [0.2, 0.25) is 0 Å². The summed E-state index contributed by atoms with van der Waals surface area (Å²) in [6.07, 6.45) is 2.67. The number of nitrogens with zero attached hydrogens (tertiary/aromatic N) is 1. The largest absolute Gasteiger partial charge is 0.481 e. The minimum Gasteiger partial charge on any atom is -0.481 e. The van der Waals surface area contributed by atoms with Gasteiger partial charge in [-0.1, -0.05) is 24.3 Å². The number of para-hydroxylation sites is 1. The molecule has 1 aromatic heterocycles. The number of aryl methyl sites for hydroxylation is 1. The van der Waals surface area contributed by atoms with Crippen LogP contribution in [-0.4, -0.2) is 16.1 Å². The van der Waals surface area contributed by atoms with Crippen molar-refractivity contribution in [3.63, 3.8) is 0 Å². The first-order chi connectivity index (χ1) is 8.25. The molecule has 2 rings (SSSR count). The Morgan fingerprint density at radius 3 is 2.76 bits per heavy atom. The van der Waals surface area contributed by atoms with E-state index in [9.17, 15) is 4.79 Å². The van der Waals surface area contributed by atoms with Gasteiger partial charge in [-0.3, -0.25) is 9.78 Å². The summed E-state index contributed by atoms with van der Waals surface area (Å²) < 4.78 is 0. The molecule has 17 heavy (non-hydrogen) atoms. The monoisotopic (exact) mass is 229 g/mol. The van der Waals surface area contributed by atoms with Gasteiger partial charge in [-0.05, 0) is 31.4 Å². The number of aromatic nitrogens is 1. The number of unbranched alkanes of at least 4 members (excludes halogenated alkanes) is 1. The molecule has 0 spiro atoms. The van der Waals surface area contributed by atoms with Gasteiger partial charge in [-0.15, -0.1) is 0 Å². The number of benzene rings is 1. The van der Waals surface area contributed by atoms with Gasteiger partial charge in [0.1, 0.15) is 0 Å². The molecule has 2 aromatic rings. The van der Waals surface area contributed by atoms with Crippen molar-refractivity contribution in [3.05, 3.63) is 42.1 Å². The third-order valence-electron chi connectivity index (χ3n) is 2.73. The van der Waals surface area contributed by atoms with E-state index in [0.29, 0.717) is 6.42 Å². The average molecular weight is 229 g/mol. The van der Waals surface area contributed by atoms with Crippen LogP contribution in [0.1, 0.15) is 25.0 Å². The first-order valence-corrected chi connectivity index (χ1v) is 5.82. The molecular weight excluding hydrogens is 214 g/mol. The van der Waals surface area contributed by atoms with Crippen molar-refractivity contribution < 1.29 is 9.90 Å². The highest BCUT2D eigenvalue weighted by Gasteiger charge is 2.00. The van der Waals surface area contributed by atoms with Gasteiger partial charge in [0.05, 0.1) is 5.52 Å². The Labute approximate surface area is 100 Å². The maximum absolute atomic E-state index is 10.4. The quantitative estimate of drug-likeness (QED) is 0.802. The van der Waals surface area contributed by atoms with Crippen LogP contribution in [0.2, 0.25) is 0 Å². The number of pyridine rings is 1. The molecule has 0 atom stereocenters. The lowest BCUT2D eigenvalue weighted by molar-refractivity contribution is -0.137. The molecule has 1 aromatic carbocycles. The molecule has 3 nitrogen and oxygen atoms in total. The smallest absolute Gasteiger partial charge is 0.303 e. The molecule has 0 radical (unpaired) electrons. The fourth-order valence-electron chi connectivity index (χ4n) is 1.83. The zero-order chi connectivity index (χ0) is 12.1. The van der Waals surface area contributed by atoms with Crippen molar-refractivity contribution in [3.8, 4) is 0 Å². The van der Waals surface area contributed by atoms with Gasteiger partial charge < -0.3 is 5.11 Å². The standard InChI is InChI=1S/C14H15NO2/c16-14(17)8-4-2-6-12-10-9-11-5-1-3-7-13(11)15-12/h1,3,5,7,9-10H,2,4,6,8H2,(H,16,17). The van der Waals surface area contributed by atoms with Crippen LogP contribution in [0.25, 0.3) is 10.9 Å². The summed E-state index contributed by atoms with van der Waals surface area (Å²) in [5.74, 6) is -0.725. The van der Waals surface area contributed by atoms with E-state index in [0.717, 1.165) is 29.4 Å². The molecule has 0 aliphatic rings. The van der Waals surface area contributed by atoms with Gasteiger partial charge in [0, 0.05) is 17.5 Å². The van der Waals surface area contributed by atoms with Gasteiger partial charge in [-0.2, -0.15) is 0 Å². The summed E-state index contributed by atoms with van der Waals surface area (Å²) in [6, 6.07) is 12.1. The molecule has 0 fully saturated rings. The van der Waals surface area contributed by atoms with Crippen molar-refractivity contribution in [2.24, 2.45) is 0 Å². The highest BCUT2D eigenvalue weighted by molar-refractivity contribution is 5.78. The summed E-state index contributed by atoms with van der Waals surface area (Å²) in [4.78, 5) is 14.9. The lowest BCUT2D eigenvalue weighted by Gasteiger charge is -2.02. The number of aliphatic carboxylic acids is 1. The summed E-state index contributed by atoms with van der Waals surface area (Å²) in [6.45, 7) is 0. The highest BCUT2D eigenvalue weighted by atomic mass is 16.4. The van der Waals surface area contributed by atoms with Crippen LogP contribution < -0.4 is 0 Å². The second-order valence-electron chi connectivity index (χ2n) is 4.10. The van der Waals surface area contributed by atoms with E-state index in [-0.39, 0.29) is 6.42 Å². The molecule has 0 unspecified atom stereocenters. The van der Waals surface area contributed by atoms with Crippen LogP contribution in [0.15, 0.2) is 36.4 Å². The SMILES string of the molecule is O=C(O)CCCCc1ccc2ccccc2n1. The molecule has 0 aliphatic carbocycles. The third kappa shape index (κ3) is 3.28. The van der Waals surface area contributed by atoms with Crippen LogP contribution in [0.5, 0.6) is 0 Å². The minimum atomic E-state index is -0.725. The number of fused-ring (bicyclic) bond motifs is 1. The van der Waals surface area contributed by atoms with Crippen molar-refractivity contribution in [2.45, 2.75) is 25.7 Å². The van der Waals surface area contributed by atoms with Gasteiger partial charge >= 0.3 is 5.97 Å². The van der Waals surface area contributed by atoms with Gasteiger partial charge in [0.15, 0.2) is 0 Å². The Morgan fingerprint density at radius 1 is 1.12 bits per heavy atom. The second-order valence-corrected chi connectivity index (χ2v) is 4.10. The lowest BCUT2D eigenvalue weighted by atomic mass is 10.1. The van der Waals surface area contributed by atoms with E-state index in [1.54, 1.807) is 0 Å². The van der Waals surface area contributed by atoms with E-state index in [1.165, 1.54) is 0 Å². The van der Waals surface area contributed by atoms with Crippen molar-refractivity contribution in [1.29, 1.82) is 0 Å². The number of carboxylic acids is 1. The number of carbonyl (C=O) groups is 1. The molecule has 0 amide bonds. The second kappa shape index (κ2) is 5.43. The Hall–Kier alpha value is -1.90. The maximum Gasteiger partial charge on any atom is 0.303 e. The predicted molar refractivity (Wildman–Crippen MR) is 66.9 cm³/mol. The zero-order valence-electron chi connectivity index (χ0n) is 9.60. The summed E-state index contributed by atoms with van der Waals surface area (Å²) in [5, 5.41) is 9.68. The summed E-state index contributed by atoms with van der Waals surface area (Å²) in [7, 11) is 0. The first kappa shape index (κ1) is 11.6. The number of carboxylic acid groups (broad SMARTS) is 1. The van der Waals surface area contributed by atoms with E-state index in [2.05, 4.69) is 11.1 Å². The lowest BCUT2D eigenvalue weighted by Crippen LogP contribution is -1.96. The van der Waals surface area contributed by atoms with Crippen LogP contribution in [0.3, 0.4) is 0 Å². The third-order valence-corrected chi connectivity index (χ3v) is 2.73. The topological polar surface area (TPSA) is 50.2 Å². The van der Waals surface area contributed by atoms with Gasteiger partial charge in [-0.25, -0.2) is 0 Å². The Kier molecular flexibility index (Phi) is 3.70. The van der Waals surface area contributed by atoms with Crippen molar-refractivity contribution in [1.82, 2.24) is 4.98 Å². The molecule has 0 aliphatic heterocycles. The highest BCUT2D eigenvalue weighted by Crippen LogP contribution is 2.13. The zero-order valence-corrected chi connectivity index (χ0v) is 9.60. The summed E-state index contributed by atoms with van der Waals surface area (Å²) in [5.41, 5.74) is 2.04. The first-order valence-electron chi connectivity index (χ1n) is 5.82. The Bertz CT molecular complexity index is 522. The van der Waals surface area contributed by atoms with Gasteiger partial charge in [0.25, 0.3) is 0 Å². The molecule has 88 valence electrons. The maximum atomic E-state index is 10.4. The molecule has 3 heteroatoms. The molecule has 1 N–H and O–H groups in total. The Balaban J connectivity index is 1.97. The van der Waals surface area contributed by atoms with Crippen molar-refractivity contribution >= 4 is 16.9 Å². The molecule has 0 saturated heterocycles. The minimum absolute atomic E-state index is 0.244. The fourth-order valence-corrected chi connectivity index (χ4v) is 1.83. The number of hydrogen-bond acceptors (Lipinski definition) is 2. The molecule has 1 heterocycles. The predicted octanol–water partition coefficient (Wildman–Crippen LogP) is 3.03. The van der Waals surface area contributed by atoms with Crippen LogP contribution in [0, 0.1) is 0 Å². The normalized spacial score (nSPS) is 10.6. The van der Waals surface area contributed by atoms with Crippen LogP contribution in [-0.2, 0) is 11.2 Å². The van der Waals surface area contributed by atoms with E-state index >= 15 is 0 Å². The average Bonchev–Trinajstić information content (AvgIpc) is 2.34. The van der Waals surface area contributed by atoms with Crippen molar-refractivity contribution in [2.75, 3.05) is 0 Å². The number of rotatable bonds is 5. The molecule has 0 bridgehead atoms. The number of hydrogen-bond donors (Lipinski definition) is 1. The van der Waals surface area contributed by atoms with E-state index < -0.39 is 5.97 Å². The molecular formula is C14H15NO2. The van der Waals surface area contributed by atoms with Crippen LogP contribution >= 0.6 is 0 Å². The van der Waals surface area contributed by atoms with E-state index in [1.807, 2.05) is 30.3 Å².